The first-order valence-electron chi connectivity index (χ1n) is 8.35. The van der Waals surface area contributed by atoms with Gasteiger partial charge >= 0.3 is 0 Å². The number of halogens is 1. The van der Waals surface area contributed by atoms with Gasteiger partial charge in [0.2, 0.25) is 11.5 Å². The molecule has 144 valence electrons. The summed E-state index contributed by atoms with van der Waals surface area (Å²) in [6.07, 6.45) is 0. The van der Waals surface area contributed by atoms with Gasteiger partial charge in [-0.25, -0.2) is 0 Å². The number of rotatable bonds is 4. The monoisotopic (exact) mass is 445 g/mol. The molecule has 0 saturated carbocycles. The number of benzene rings is 2. The fourth-order valence-electron chi connectivity index (χ4n) is 3.40. The average Bonchev–Trinajstić information content (AvgIpc) is 3.04. The molecule has 7 nitrogen and oxygen atoms in total. The molecule has 1 aliphatic rings. The van der Waals surface area contributed by atoms with Crippen molar-refractivity contribution in [1.82, 2.24) is 5.32 Å². The van der Waals surface area contributed by atoms with Crippen molar-refractivity contribution in [3.63, 3.8) is 0 Å². The van der Waals surface area contributed by atoms with Crippen molar-refractivity contribution < 1.29 is 23.4 Å². The number of nitrogens with one attached hydrogen (secondary N) is 1. The zero-order valence-electron chi connectivity index (χ0n) is 15.3. The molecule has 1 amide bonds. The molecule has 0 aliphatic carbocycles. The number of fused-ring (bicyclic) bond motifs is 2. The Hall–Kier alpha value is -3.00. The van der Waals surface area contributed by atoms with Crippen LogP contribution in [0.5, 0.6) is 17.2 Å². The van der Waals surface area contributed by atoms with E-state index < -0.39 is 11.9 Å². The molecule has 2 heterocycles. The number of carbonyl (C=O) groups excluding carboxylic acids is 1. The first-order valence-corrected chi connectivity index (χ1v) is 9.14. The molecule has 2 aromatic carbocycles. The van der Waals surface area contributed by atoms with Crippen molar-refractivity contribution in [2.45, 2.75) is 6.04 Å². The zero-order valence-corrected chi connectivity index (χ0v) is 16.9. The van der Waals surface area contributed by atoms with Gasteiger partial charge in [-0.05, 0) is 35.9 Å². The summed E-state index contributed by atoms with van der Waals surface area (Å²) in [4.78, 5) is 25.7. The first kappa shape index (κ1) is 18.4. The van der Waals surface area contributed by atoms with Gasteiger partial charge in [-0.15, -0.1) is 0 Å². The van der Waals surface area contributed by atoms with Crippen molar-refractivity contribution >= 4 is 32.8 Å². The smallest absolute Gasteiger partial charge is 0.288 e. The SMILES string of the molecule is COc1cc(C2NC(=O)c3oc4ccc(Br)cc4c(=O)c32)cc(OC)c1OC. The summed E-state index contributed by atoms with van der Waals surface area (Å²) in [5, 5.41) is 3.20. The third kappa shape index (κ3) is 2.72. The van der Waals surface area contributed by atoms with Gasteiger partial charge in [0.1, 0.15) is 5.58 Å². The number of hydrogen-bond donors (Lipinski definition) is 1. The summed E-state index contributed by atoms with van der Waals surface area (Å²) >= 11 is 3.36. The number of ether oxygens (including phenoxy) is 3. The maximum absolute atomic E-state index is 13.2. The highest BCUT2D eigenvalue weighted by atomic mass is 79.9. The van der Waals surface area contributed by atoms with Crippen LogP contribution >= 0.6 is 15.9 Å². The molecule has 1 N–H and O–H groups in total. The standard InChI is InChI=1S/C20H16BrNO6/c1-25-13-6-9(7-14(26-2)18(13)27-3)16-15-17(23)11-8-10(21)4-5-12(11)28-19(15)20(24)22-16/h4-8,16H,1-3H3,(H,22,24). The van der Waals surface area contributed by atoms with E-state index in [0.29, 0.717) is 33.8 Å². The normalized spacial score (nSPS) is 15.3. The second kappa shape index (κ2) is 6.87. The maximum atomic E-state index is 13.2. The Kier molecular flexibility index (Phi) is 4.50. The zero-order chi connectivity index (χ0) is 20.0. The van der Waals surface area contributed by atoms with E-state index in [1.807, 2.05) is 0 Å². The lowest BCUT2D eigenvalue weighted by molar-refractivity contribution is 0.0937. The van der Waals surface area contributed by atoms with Crippen molar-refractivity contribution in [3.05, 3.63) is 61.9 Å². The average molecular weight is 446 g/mol. The van der Waals surface area contributed by atoms with Gasteiger partial charge in [0, 0.05) is 4.47 Å². The highest BCUT2D eigenvalue weighted by Crippen LogP contribution is 2.42. The molecule has 3 aromatic rings. The second-order valence-electron chi connectivity index (χ2n) is 6.18. The third-order valence-electron chi connectivity index (χ3n) is 4.68. The van der Waals surface area contributed by atoms with Crippen LogP contribution in [0.15, 0.2) is 44.0 Å². The molecule has 0 fully saturated rings. The van der Waals surface area contributed by atoms with Crippen LogP contribution in [0.4, 0.5) is 0 Å². The number of amides is 1. The van der Waals surface area contributed by atoms with Gasteiger partial charge in [-0.2, -0.15) is 0 Å². The van der Waals surface area contributed by atoms with Crippen molar-refractivity contribution in [1.29, 1.82) is 0 Å². The van der Waals surface area contributed by atoms with Crippen LogP contribution in [-0.2, 0) is 0 Å². The molecule has 4 rings (SSSR count). The Labute approximate surface area is 168 Å². The lowest BCUT2D eigenvalue weighted by atomic mass is 9.98. The Bertz CT molecular complexity index is 1140. The van der Waals surface area contributed by atoms with Crippen LogP contribution in [0, 0.1) is 0 Å². The Balaban J connectivity index is 1.96. The van der Waals surface area contributed by atoms with Crippen molar-refractivity contribution in [2.75, 3.05) is 21.3 Å². The topological polar surface area (TPSA) is 87.0 Å². The van der Waals surface area contributed by atoms with Gasteiger partial charge in [0.25, 0.3) is 5.91 Å². The van der Waals surface area contributed by atoms with E-state index in [-0.39, 0.29) is 16.8 Å². The summed E-state index contributed by atoms with van der Waals surface area (Å²) in [6.45, 7) is 0. The van der Waals surface area contributed by atoms with E-state index >= 15 is 0 Å². The fourth-order valence-corrected chi connectivity index (χ4v) is 3.76. The molecular weight excluding hydrogens is 430 g/mol. The number of methoxy groups -OCH3 is 3. The molecule has 0 saturated heterocycles. The molecule has 8 heteroatoms. The van der Waals surface area contributed by atoms with Crippen molar-refractivity contribution in [2.24, 2.45) is 0 Å². The molecular formula is C20H16BrNO6. The predicted molar refractivity (Wildman–Crippen MR) is 106 cm³/mol. The molecule has 1 aromatic heterocycles. The lowest BCUT2D eigenvalue weighted by Crippen LogP contribution is -2.22. The summed E-state index contributed by atoms with van der Waals surface area (Å²) in [5.41, 5.74) is 0.954. The van der Waals surface area contributed by atoms with Crippen LogP contribution in [0.2, 0.25) is 0 Å². The number of hydrogen-bond acceptors (Lipinski definition) is 6. The van der Waals surface area contributed by atoms with Crippen LogP contribution in [0.3, 0.4) is 0 Å². The largest absolute Gasteiger partial charge is 0.493 e. The molecule has 1 atom stereocenters. The van der Waals surface area contributed by atoms with E-state index in [4.69, 9.17) is 18.6 Å². The molecule has 0 bridgehead atoms. The van der Waals surface area contributed by atoms with Gasteiger partial charge in [-0.1, -0.05) is 15.9 Å². The maximum Gasteiger partial charge on any atom is 0.288 e. The van der Waals surface area contributed by atoms with E-state index in [2.05, 4.69) is 21.2 Å². The Morgan fingerprint density at radius 3 is 2.29 bits per heavy atom. The quantitative estimate of drug-likeness (QED) is 0.661. The summed E-state index contributed by atoms with van der Waals surface area (Å²) in [7, 11) is 4.51. The lowest BCUT2D eigenvalue weighted by Gasteiger charge is -2.17. The second-order valence-corrected chi connectivity index (χ2v) is 7.10. The minimum absolute atomic E-state index is 0.0126. The molecule has 28 heavy (non-hydrogen) atoms. The molecule has 1 aliphatic heterocycles. The van der Waals surface area contributed by atoms with Crippen LogP contribution in [0.1, 0.15) is 27.7 Å². The Morgan fingerprint density at radius 1 is 1.00 bits per heavy atom. The van der Waals surface area contributed by atoms with Gasteiger partial charge < -0.3 is 23.9 Å². The highest BCUT2D eigenvalue weighted by molar-refractivity contribution is 9.10. The first-order chi connectivity index (χ1) is 13.5. The van der Waals surface area contributed by atoms with Gasteiger partial charge in [0.05, 0.1) is 38.3 Å². The molecule has 1 unspecified atom stereocenters. The summed E-state index contributed by atoms with van der Waals surface area (Å²) < 4.78 is 22.6. The van der Waals surface area contributed by atoms with Gasteiger partial charge in [0.15, 0.2) is 16.9 Å². The van der Waals surface area contributed by atoms with Crippen molar-refractivity contribution in [3.8, 4) is 17.2 Å². The third-order valence-corrected chi connectivity index (χ3v) is 5.17. The Morgan fingerprint density at radius 2 is 1.68 bits per heavy atom. The van der Waals surface area contributed by atoms with Crippen LogP contribution in [-0.4, -0.2) is 27.2 Å². The fraction of sp³-hybridized carbons (Fsp3) is 0.200. The minimum atomic E-state index is -0.698. The van der Waals surface area contributed by atoms with Crippen LogP contribution < -0.4 is 25.0 Å². The van der Waals surface area contributed by atoms with E-state index in [1.165, 1.54) is 21.3 Å². The summed E-state index contributed by atoms with van der Waals surface area (Å²) in [5.74, 6) is 0.835. The minimum Gasteiger partial charge on any atom is -0.493 e. The van der Waals surface area contributed by atoms with E-state index in [9.17, 15) is 9.59 Å². The van der Waals surface area contributed by atoms with E-state index in [0.717, 1.165) is 4.47 Å². The summed E-state index contributed by atoms with van der Waals surface area (Å²) in [6, 6.07) is 7.78. The number of carbonyl (C=O) groups is 1. The molecule has 0 radical (unpaired) electrons. The van der Waals surface area contributed by atoms with Crippen LogP contribution in [0.25, 0.3) is 11.0 Å². The molecule has 0 spiro atoms. The van der Waals surface area contributed by atoms with E-state index in [1.54, 1.807) is 30.3 Å². The highest BCUT2D eigenvalue weighted by Gasteiger charge is 2.36. The van der Waals surface area contributed by atoms with Gasteiger partial charge in [-0.3, -0.25) is 9.59 Å². The predicted octanol–water partition coefficient (Wildman–Crippen LogP) is 3.41.